The van der Waals surface area contributed by atoms with Gasteiger partial charge in [-0.3, -0.25) is 9.78 Å². The van der Waals surface area contributed by atoms with Gasteiger partial charge in [-0.15, -0.1) is 0 Å². The molecule has 0 bridgehead atoms. The Labute approximate surface area is 88.7 Å². The van der Waals surface area contributed by atoms with Gasteiger partial charge in [0.2, 0.25) is 0 Å². The van der Waals surface area contributed by atoms with E-state index in [0.717, 1.165) is 0 Å². The summed E-state index contributed by atoms with van der Waals surface area (Å²) in [5.74, 6) is -1.25. The van der Waals surface area contributed by atoms with Gasteiger partial charge in [0.15, 0.2) is 0 Å². The average molecular weight is 261 g/mol. The van der Waals surface area contributed by atoms with E-state index >= 15 is 0 Å². The number of pyridine rings is 1. The van der Waals surface area contributed by atoms with Gasteiger partial charge in [0.1, 0.15) is 12.1 Å². The second-order valence-electron chi connectivity index (χ2n) is 2.71. The SMILES string of the molecule is NC(C(=O)O)C(O)c1ccncc1Br. The molecule has 0 fully saturated rings. The third-order valence-corrected chi connectivity index (χ3v) is 2.41. The van der Waals surface area contributed by atoms with Crippen LogP contribution in [0.5, 0.6) is 0 Å². The van der Waals surface area contributed by atoms with E-state index in [1.807, 2.05) is 0 Å². The number of nitrogens with two attached hydrogens (primary N) is 1. The number of halogens is 1. The number of hydrogen-bond acceptors (Lipinski definition) is 4. The van der Waals surface area contributed by atoms with Gasteiger partial charge in [-0.2, -0.15) is 0 Å². The van der Waals surface area contributed by atoms with Crippen LogP contribution in [0.25, 0.3) is 0 Å². The van der Waals surface area contributed by atoms with Crippen LogP contribution in [-0.2, 0) is 4.79 Å². The van der Waals surface area contributed by atoms with Crippen molar-refractivity contribution >= 4 is 21.9 Å². The summed E-state index contributed by atoms with van der Waals surface area (Å²) in [6.07, 6.45) is 1.68. The average Bonchev–Trinajstić information content (AvgIpc) is 2.16. The second kappa shape index (κ2) is 4.50. The van der Waals surface area contributed by atoms with Crippen LogP contribution in [0.1, 0.15) is 11.7 Å². The zero-order chi connectivity index (χ0) is 10.7. The molecular formula is C8H9BrN2O3. The first-order chi connectivity index (χ1) is 6.54. The van der Waals surface area contributed by atoms with Gasteiger partial charge in [-0.25, -0.2) is 0 Å². The summed E-state index contributed by atoms with van der Waals surface area (Å²) in [5.41, 5.74) is 5.68. The number of aliphatic carboxylic acids is 1. The van der Waals surface area contributed by atoms with Crippen LogP contribution in [0.3, 0.4) is 0 Å². The summed E-state index contributed by atoms with van der Waals surface area (Å²) < 4.78 is 0.532. The van der Waals surface area contributed by atoms with Crippen LogP contribution in [0.4, 0.5) is 0 Å². The molecule has 0 saturated carbocycles. The molecule has 1 heterocycles. The Kier molecular flexibility index (Phi) is 3.56. The number of carboxylic acid groups (broad SMARTS) is 1. The summed E-state index contributed by atoms with van der Waals surface area (Å²) in [5, 5.41) is 18.2. The summed E-state index contributed by atoms with van der Waals surface area (Å²) in [7, 11) is 0. The van der Waals surface area contributed by atoms with Crippen molar-refractivity contribution in [2.75, 3.05) is 0 Å². The van der Waals surface area contributed by atoms with E-state index in [4.69, 9.17) is 10.8 Å². The maximum Gasteiger partial charge on any atom is 0.323 e. The summed E-state index contributed by atoms with van der Waals surface area (Å²) in [6.45, 7) is 0. The van der Waals surface area contributed by atoms with Gasteiger partial charge < -0.3 is 15.9 Å². The van der Waals surface area contributed by atoms with Gasteiger partial charge >= 0.3 is 5.97 Å². The van der Waals surface area contributed by atoms with Crippen molar-refractivity contribution in [2.45, 2.75) is 12.1 Å². The number of hydrogen-bond donors (Lipinski definition) is 3. The minimum absolute atomic E-state index is 0.412. The number of aliphatic hydroxyl groups is 1. The number of carboxylic acids is 1. The molecule has 6 heteroatoms. The number of aromatic nitrogens is 1. The Morgan fingerprint density at radius 3 is 2.79 bits per heavy atom. The van der Waals surface area contributed by atoms with E-state index in [1.54, 1.807) is 0 Å². The van der Waals surface area contributed by atoms with Crippen molar-refractivity contribution in [1.82, 2.24) is 4.98 Å². The minimum Gasteiger partial charge on any atom is -0.480 e. The molecule has 0 saturated heterocycles. The van der Waals surface area contributed by atoms with Crippen molar-refractivity contribution in [3.63, 3.8) is 0 Å². The monoisotopic (exact) mass is 260 g/mol. The van der Waals surface area contributed by atoms with E-state index in [2.05, 4.69) is 20.9 Å². The topological polar surface area (TPSA) is 96.4 Å². The fourth-order valence-electron chi connectivity index (χ4n) is 0.954. The van der Waals surface area contributed by atoms with E-state index < -0.39 is 18.1 Å². The third-order valence-electron chi connectivity index (χ3n) is 1.75. The van der Waals surface area contributed by atoms with Crippen molar-refractivity contribution in [3.05, 3.63) is 28.5 Å². The van der Waals surface area contributed by atoms with Crippen LogP contribution in [0, 0.1) is 0 Å². The smallest absolute Gasteiger partial charge is 0.323 e. The lowest BCUT2D eigenvalue weighted by Gasteiger charge is -2.15. The molecule has 2 atom stereocenters. The maximum absolute atomic E-state index is 10.5. The number of nitrogens with zero attached hydrogens (tertiary/aromatic N) is 1. The molecule has 0 radical (unpaired) electrons. The van der Waals surface area contributed by atoms with Gasteiger partial charge in [0.25, 0.3) is 0 Å². The molecule has 0 spiro atoms. The molecular weight excluding hydrogens is 252 g/mol. The Morgan fingerprint density at radius 1 is 1.64 bits per heavy atom. The van der Waals surface area contributed by atoms with Gasteiger partial charge in [0.05, 0.1) is 0 Å². The van der Waals surface area contributed by atoms with Gasteiger partial charge in [0, 0.05) is 16.9 Å². The first kappa shape index (κ1) is 11.1. The highest BCUT2D eigenvalue weighted by molar-refractivity contribution is 9.10. The first-order valence-corrected chi connectivity index (χ1v) is 4.59. The Morgan fingerprint density at radius 2 is 2.29 bits per heavy atom. The Bertz CT molecular complexity index is 345. The molecule has 76 valence electrons. The molecule has 1 aromatic rings. The number of carbonyl (C=O) groups is 1. The lowest BCUT2D eigenvalue weighted by atomic mass is 10.0. The minimum atomic E-state index is -1.34. The van der Waals surface area contributed by atoms with Gasteiger partial charge in [-0.05, 0) is 27.6 Å². The Balaban J connectivity index is 2.94. The predicted molar refractivity (Wildman–Crippen MR) is 52.5 cm³/mol. The lowest BCUT2D eigenvalue weighted by molar-refractivity contribution is -0.141. The summed E-state index contributed by atoms with van der Waals surface area (Å²) in [6, 6.07) is 0.172. The molecule has 1 rings (SSSR count). The molecule has 2 unspecified atom stereocenters. The first-order valence-electron chi connectivity index (χ1n) is 3.80. The summed E-state index contributed by atoms with van der Waals surface area (Å²) in [4.78, 5) is 14.3. The second-order valence-corrected chi connectivity index (χ2v) is 3.56. The molecule has 0 aliphatic heterocycles. The largest absolute Gasteiger partial charge is 0.480 e. The normalized spacial score (nSPS) is 14.8. The highest BCUT2D eigenvalue weighted by Crippen LogP contribution is 2.23. The fourth-order valence-corrected chi connectivity index (χ4v) is 1.44. The molecule has 1 aromatic heterocycles. The van der Waals surface area contributed by atoms with E-state index in [1.165, 1.54) is 18.5 Å². The molecule has 0 amide bonds. The Hall–Kier alpha value is -0.980. The van der Waals surface area contributed by atoms with Crippen molar-refractivity contribution in [3.8, 4) is 0 Å². The van der Waals surface area contributed by atoms with Crippen molar-refractivity contribution in [2.24, 2.45) is 5.73 Å². The molecule has 0 aliphatic carbocycles. The van der Waals surface area contributed by atoms with Crippen molar-refractivity contribution in [1.29, 1.82) is 0 Å². The zero-order valence-corrected chi connectivity index (χ0v) is 8.68. The van der Waals surface area contributed by atoms with Crippen LogP contribution in [-0.4, -0.2) is 27.2 Å². The third kappa shape index (κ3) is 2.28. The summed E-state index contributed by atoms with van der Waals surface area (Å²) >= 11 is 3.14. The standard InChI is InChI=1S/C8H9BrN2O3/c9-5-3-11-2-1-4(5)7(12)6(10)8(13)14/h1-3,6-7,12H,10H2,(H,13,14). The van der Waals surface area contributed by atoms with Gasteiger partial charge in [-0.1, -0.05) is 0 Å². The lowest BCUT2D eigenvalue weighted by Crippen LogP contribution is -2.36. The number of rotatable bonds is 3. The highest BCUT2D eigenvalue weighted by atomic mass is 79.9. The molecule has 14 heavy (non-hydrogen) atoms. The molecule has 0 aromatic carbocycles. The van der Waals surface area contributed by atoms with Crippen LogP contribution in [0.15, 0.2) is 22.9 Å². The molecule has 5 nitrogen and oxygen atoms in total. The molecule has 4 N–H and O–H groups in total. The van der Waals surface area contributed by atoms with E-state index in [9.17, 15) is 9.90 Å². The predicted octanol–water partition coefficient (Wildman–Crippen LogP) is 0.289. The number of aliphatic hydroxyl groups excluding tert-OH is 1. The zero-order valence-electron chi connectivity index (χ0n) is 7.09. The van der Waals surface area contributed by atoms with E-state index in [0.29, 0.717) is 10.0 Å². The molecule has 0 aliphatic rings. The highest BCUT2D eigenvalue weighted by Gasteiger charge is 2.24. The van der Waals surface area contributed by atoms with Crippen LogP contribution < -0.4 is 5.73 Å². The van der Waals surface area contributed by atoms with Crippen LogP contribution in [0.2, 0.25) is 0 Å². The van der Waals surface area contributed by atoms with Crippen LogP contribution >= 0.6 is 15.9 Å². The fraction of sp³-hybridized carbons (Fsp3) is 0.250. The maximum atomic E-state index is 10.5. The van der Waals surface area contributed by atoms with E-state index in [-0.39, 0.29) is 0 Å². The quantitative estimate of drug-likeness (QED) is 0.726. The van der Waals surface area contributed by atoms with Crippen molar-refractivity contribution < 1.29 is 15.0 Å².